The normalized spacial score (nSPS) is 16.9. The fourth-order valence-electron chi connectivity index (χ4n) is 5.37. The first kappa shape index (κ1) is 36.7. The van der Waals surface area contributed by atoms with Crippen LogP contribution in [0.3, 0.4) is 0 Å². The van der Waals surface area contributed by atoms with Gasteiger partial charge in [-0.25, -0.2) is 14.6 Å². The number of benzene rings is 1. The van der Waals surface area contributed by atoms with Crippen molar-refractivity contribution in [3.05, 3.63) is 47.7 Å². The van der Waals surface area contributed by atoms with Crippen LogP contribution in [-0.2, 0) is 20.8 Å². The van der Waals surface area contributed by atoms with Crippen molar-refractivity contribution in [3.63, 3.8) is 0 Å². The number of aliphatic hydroxyl groups excluding tert-OH is 1. The molecule has 4 rings (SSSR count). The molecular weight excluding hydrogens is 638 g/mol. The zero-order valence-corrected chi connectivity index (χ0v) is 29.8. The van der Waals surface area contributed by atoms with Crippen LogP contribution < -0.4 is 15.5 Å². The number of carbonyl (C=O) groups excluding carboxylic acids is 3. The van der Waals surface area contributed by atoms with Crippen LogP contribution in [0.25, 0.3) is 5.65 Å². The molecule has 1 aliphatic heterocycles. The molecule has 3 N–H and O–H groups in total. The molecule has 0 spiro atoms. The molecule has 0 aliphatic carbocycles. The molecule has 1 aliphatic rings. The van der Waals surface area contributed by atoms with Gasteiger partial charge in [0.15, 0.2) is 5.65 Å². The topological polar surface area (TPSA) is 151 Å². The molecular formula is C34H48ClN7O6. The molecule has 1 saturated heterocycles. The van der Waals surface area contributed by atoms with Gasteiger partial charge in [-0.2, -0.15) is 9.61 Å². The van der Waals surface area contributed by atoms with Crippen LogP contribution in [0.4, 0.5) is 26.9 Å². The Morgan fingerprint density at radius 1 is 1.10 bits per heavy atom. The van der Waals surface area contributed by atoms with Gasteiger partial charge in [-0.05, 0) is 78.0 Å². The van der Waals surface area contributed by atoms with Gasteiger partial charge in [0.2, 0.25) is 5.91 Å². The highest BCUT2D eigenvalue weighted by atomic mass is 35.5. The third kappa shape index (κ3) is 9.50. The van der Waals surface area contributed by atoms with Crippen LogP contribution in [0.1, 0.15) is 85.3 Å². The molecule has 0 bridgehead atoms. The number of aliphatic hydroxyl groups is 1. The van der Waals surface area contributed by atoms with Crippen LogP contribution in [0.2, 0.25) is 0 Å². The van der Waals surface area contributed by atoms with Gasteiger partial charge in [0, 0.05) is 30.4 Å². The maximum absolute atomic E-state index is 13.9. The number of anilines is 3. The summed E-state index contributed by atoms with van der Waals surface area (Å²) in [7, 11) is 0. The van der Waals surface area contributed by atoms with Crippen LogP contribution in [-0.4, -0.2) is 85.0 Å². The standard InChI is InChI=1S/C34H48ClN7O6/c1-21(2)24-18-37-42-29(41(32(46)48-34(6,7)8)20-22-11-9-12-23(15-22)38-28(44)17-35)16-27(39-30(24)42)36-19-25-26(43)13-10-14-40(25)31(45)47-33(3,4)5/h9,11-12,15-16,18,21,25-26,43H,10,13-14,17,19-20H2,1-8H3,(H,36,39)(H,38,44). The summed E-state index contributed by atoms with van der Waals surface area (Å²) >= 11 is 5.69. The predicted molar refractivity (Wildman–Crippen MR) is 186 cm³/mol. The third-order valence-corrected chi connectivity index (χ3v) is 7.77. The predicted octanol–water partition coefficient (Wildman–Crippen LogP) is 6.14. The molecule has 48 heavy (non-hydrogen) atoms. The van der Waals surface area contributed by atoms with Gasteiger partial charge in [-0.1, -0.05) is 26.0 Å². The van der Waals surface area contributed by atoms with Gasteiger partial charge >= 0.3 is 12.2 Å². The molecule has 1 aromatic carbocycles. The van der Waals surface area contributed by atoms with Gasteiger partial charge in [0.05, 0.1) is 24.9 Å². The van der Waals surface area contributed by atoms with Crippen molar-refractivity contribution in [2.45, 2.75) is 104 Å². The van der Waals surface area contributed by atoms with Crippen molar-refractivity contribution >= 4 is 52.7 Å². The number of amides is 3. The highest BCUT2D eigenvalue weighted by molar-refractivity contribution is 6.29. The quantitative estimate of drug-likeness (QED) is 0.226. The molecule has 3 amide bonds. The second-order valence-electron chi connectivity index (χ2n) is 14.3. The number of nitrogens with zero attached hydrogens (tertiary/aromatic N) is 5. The molecule has 2 unspecified atom stereocenters. The summed E-state index contributed by atoms with van der Waals surface area (Å²) in [6, 6.07) is 8.23. The van der Waals surface area contributed by atoms with Crippen molar-refractivity contribution in [3.8, 4) is 0 Å². The van der Waals surface area contributed by atoms with Crippen LogP contribution in [0, 0.1) is 0 Å². The van der Waals surface area contributed by atoms with E-state index in [1.165, 1.54) is 4.90 Å². The highest BCUT2D eigenvalue weighted by Crippen LogP contribution is 2.30. The number of alkyl halides is 1. The minimum atomic E-state index is -0.797. The summed E-state index contributed by atoms with van der Waals surface area (Å²) in [6.45, 7) is 15.5. The average molecular weight is 686 g/mol. The number of halogens is 1. The van der Waals surface area contributed by atoms with E-state index in [4.69, 9.17) is 26.1 Å². The summed E-state index contributed by atoms with van der Waals surface area (Å²) in [5, 5.41) is 21.7. The highest BCUT2D eigenvalue weighted by Gasteiger charge is 2.36. The third-order valence-electron chi connectivity index (χ3n) is 7.53. The lowest BCUT2D eigenvalue weighted by Gasteiger charge is -2.39. The molecule has 2 atom stereocenters. The maximum atomic E-state index is 13.9. The Morgan fingerprint density at radius 3 is 2.46 bits per heavy atom. The summed E-state index contributed by atoms with van der Waals surface area (Å²) in [5.74, 6) is 0.323. The Bertz CT molecular complexity index is 1610. The molecule has 0 radical (unpaired) electrons. The molecule has 2 aromatic heterocycles. The lowest BCUT2D eigenvalue weighted by Crippen LogP contribution is -2.55. The molecule has 3 aromatic rings. The van der Waals surface area contributed by atoms with Gasteiger partial charge < -0.3 is 30.1 Å². The monoisotopic (exact) mass is 685 g/mol. The Kier molecular flexibility index (Phi) is 11.5. The minimum absolute atomic E-state index is 0.0677. The van der Waals surface area contributed by atoms with Crippen molar-refractivity contribution in [1.82, 2.24) is 19.5 Å². The van der Waals surface area contributed by atoms with Crippen LogP contribution in [0.15, 0.2) is 36.5 Å². The second-order valence-corrected chi connectivity index (χ2v) is 14.5. The Hall–Kier alpha value is -4.10. The number of likely N-dealkylation sites (tertiary alicyclic amines) is 1. The lowest BCUT2D eigenvalue weighted by molar-refractivity contribution is -0.113. The van der Waals surface area contributed by atoms with E-state index in [1.807, 2.05) is 19.9 Å². The Balaban J connectivity index is 1.75. The van der Waals surface area contributed by atoms with Crippen molar-refractivity contribution in [2.75, 3.05) is 34.5 Å². The van der Waals surface area contributed by atoms with Crippen molar-refractivity contribution in [1.29, 1.82) is 0 Å². The summed E-state index contributed by atoms with van der Waals surface area (Å²) in [4.78, 5) is 46.8. The molecule has 262 valence electrons. The van der Waals surface area contributed by atoms with E-state index in [2.05, 4.69) is 15.7 Å². The number of carbonyl (C=O) groups is 3. The largest absolute Gasteiger partial charge is 0.444 e. The first-order chi connectivity index (χ1) is 22.5. The smallest absolute Gasteiger partial charge is 0.416 e. The van der Waals surface area contributed by atoms with Crippen molar-refractivity contribution in [2.24, 2.45) is 0 Å². The van der Waals surface area contributed by atoms with Gasteiger partial charge in [0.25, 0.3) is 0 Å². The SMILES string of the molecule is CC(C)c1cnn2c(N(Cc3cccc(NC(=O)CCl)c3)C(=O)OC(C)(C)C)cc(NCC3C(O)CCCN3C(=O)OC(C)(C)C)nc12. The number of aromatic nitrogens is 3. The maximum Gasteiger partial charge on any atom is 0.416 e. The van der Waals surface area contributed by atoms with E-state index in [1.54, 1.807) is 81.4 Å². The summed E-state index contributed by atoms with van der Waals surface area (Å²) in [6.07, 6.45) is 1.05. The molecule has 0 saturated carbocycles. The number of fused-ring (bicyclic) bond motifs is 1. The number of hydrogen-bond acceptors (Lipinski definition) is 9. The molecule has 1 fully saturated rings. The van der Waals surface area contributed by atoms with E-state index >= 15 is 0 Å². The van der Waals surface area contributed by atoms with E-state index in [9.17, 15) is 19.5 Å². The zero-order valence-electron chi connectivity index (χ0n) is 29.0. The number of piperidine rings is 1. The molecule has 13 nitrogen and oxygen atoms in total. The van der Waals surface area contributed by atoms with Gasteiger partial charge in [0.1, 0.15) is 28.7 Å². The molecule has 14 heteroatoms. The van der Waals surface area contributed by atoms with E-state index in [0.29, 0.717) is 47.9 Å². The first-order valence-corrected chi connectivity index (χ1v) is 16.7. The number of hydrogen-bond donors (Lipinski definition) is 3. The van der Waals surface area contributed by atoms with Gasteiger partial charge in [-0.3, -0.25) is 9.69 Å². The second kappa shape index (κ2) is 15.0. The number of nitrogens with one attached hydrogen (secondary N) is 2. The van der Waals surface area contributed by atoms with E-state index in [0.717, 1.165) is 5.56 Å². The fourth-order valence-corrected chi connectivity index (χ4v) is 5.44. The zero-order chi connectivity index (χ0) is 35.4. The lowest BCUT2D eigenvalue weighted by atomic mass is 9.99. The fraction of sp³-hybridized carbons (Fsp3) is 0.559. The van der Waals surface area contributed by atoms with E-state index in [-0.39, 0.29) is 30.8 Å². The molecule has 3 heterocycles. The average Bonchev–Trinajstić information content (AvgIpc) is 3.41. The Morgan fingerprint density at radius 2 is 1.81 bits per heavy atom. The Labute approximate surface area is 286 Å². The van der Waals surface area contributed by atoms with E-state index < -0.39 is 35.5 Å². The minimum Gasteiger partial charge on any atom is -0.444 e. The van der Waals surface area contributed by atoms with Crippen LogP contribution >= 0.6 is 11.6 Å². The summed E-state index contributed by atoms with van der Waals surface area (Å²) in [5.41, 5.74) is 1.16. The number of ether oxygens (including phenoxy) is 2. The van der Waals surface area contributed by atoms with Crippen molar-refractivity contribution < 1.29 is 29.0 Å². The summed E-state index contributed by atoms with van der Waals surface area (Å²) < 4.78 is 13.1. The van der Waals surface area contributed by atoms with Crippen LogP contribution in [0.5, 0.6) is 0 Å². The van der Waals surface area contributed by atoms with Gasteiger partial charge in [-0.15, -0.1) is 11.6 Å². The first-order valence-electron chi connectivity index (χ1n) is 16.2. The number of rotatable bonds is 9.